The lowest BCUT2D eigenvalue weighted by molar-refractivity contribution is -0.205. The number of hydrogen-bond acceptors (Lipinski definition) is 15. The van der Waals surface area contributed by atoms with Crippen molar-refractivity contribution in [3.05, 3.63) is 69.3 Å². The third kappa shape index (κ3) is 12.1. The van der Waals surface area contributed by atoms with Gasteiger partial charge in [-0.25, -0.2) is 4.98 Å². The Hall–Kier alpha value is -2.78. The molecule has 7 rings (SSSR count). The van der Waals surface area contributed by atoms with Crippen LogP contribution in [0, 0.1) is 20.8 Å². The van der Waals surface area contributed by atoms with Gasteiger partial charge in [0.25, 0.3) is 0 Å². The van der Waals surface area contributed by atoms with Crippen LogP contribution in [0.5, 0.6) is 0 Å². The Labute approximate surface area is 406 Å². The van der Waals surface area contributed by atoms with Crippen LogP contribution >= 0.6 is 35.3 Å². The predicted molar refractivity (Wildman–Crippen MR) is 269 cm³/mol. The van der Waals surface area contributed by atoms with Crippen LogP contribution in [0.2, 0.25) is 0 Å². The normalized spacial score (nSPS) is 27.2. The number of H-pyrrole nitrogens is 2. The predicted octanol–water partition coefficient (Wildman–Crippen LogP) is 7.49. The first-order valence-corrected chi connectivity index (χ1v) is 26.9. The van der Waals surface area contributed by atoms with Crippen molar-refractivity contribution in [2.24, 2.45) is 0 Å². The zero-order valence-corrected chi connectivity index (χ0v) is 42.2. The molecule has 7 heterocycles. The SMILES string of the molecule is CCC1=C(C)c2cc3[nH]c(cc4nc(c(C)c5cc(C)c(cc1n2)[nH]5)[C@@H](CCC(=O)SCCCS[C@H]1C[C@@H](O)C[C@@H](CO)O1)[C@@H]4C)c(C)c3C(C)OCCCS[C@@H]1O[C@H](CO)[C@@H](O)[C@H](O)[C@H]1O. The van der Waals surface area contributed by atoms with E-state index in [1.807, 2.05) is 6.92 Å². The second-order valence-corrected chi connectivity index (χ2v) is 22.0. The van der Waals surface area contributed by atoms with Crippen LogP contribution in [0.3, 0.4) is 0 Å². The largest absolute Gasteiger partial charge is 0.394 e. The Morgan fingerprint density at radius 3 is 2.31 bits per heavy atom. The average molecular weight is 983 g/mol. The summed E-state index contributed by atoms with van der Waals surface area (Å²) in [5.41, 5.74) is 13.2. The summed E-state index contributed by atoms with van der Waals surface area (Å²) in [7, 11) is 0. The number of fused-ring (bicyclic) bond motifs is 8. The number of allylic oxidation sites excluding steroid dienone is 2. The lowest BCUT2D eigenvalue weighted by Gasteiger charge is -2.39. The van der Waals surface area contributed by atoms with Gasteiger partial charge in [0.05, 0.1) is 42.9 Å². The Bertz CT molecular complexity index is 2410. The van der Waals surface area contributed by atoms with E-state index in [1.54, 1.807) is 11.8 Å². The van der Waals surface area contributed by atoms with Gasteiger partial charge in [0.1, 0.15) is 35.3 Å². The van der Waals surface area contributed by atoms with E-state index in [-0.39, 0.29) is 41.2 Å². The van der Waals surface area contributed by atoms with Gasteiger partial charge in [-0.1, -0.05) is 25.6 Å². The molecule has 3 aromatic rings. The molecule has 4 aliphatic rings. The van der Waals surface area contributed by atoms with Gasteiger partial charge >= 0.3 is 0 Å². The first kappa shape index (κ1) is 52.1. The smallest absolute Gasteiger partial charge is 0.188 e. The monoisotopic (exact) mass is 982 g/mol. The van der Waals surface area contributed by atoms with Crippen molar-refractivity contribution in [1.82, 2.24) is 19.9 Å². The van der Waals surface area contributed by atoms with Gasteiger partial charge in [-0.2, -0.15) is 0 Å². The number of nitrogens with zero attached hydrogens (tertiary/aromatic N) is 2. The zero-order chi connectivity index (χ0) is 48.1. The molecule has 17 heteroatoms. The number of aliphatic hydroxyl groups is 6. The molecule has 0 radical (unpaired) electrons. The van der Waals surface area contributed by atoms with Crippen molar-refractivity contribution in [3.63, 3.8) is 0 Å². The summed E-state index contributed by atoms with van der Waals surface area (Å²) >= 11 is 4.34. The summed E-state index contributed by atoms with van der Waals surface area (Å²) < 4.78 is 18.1. The molecular formula is C50H70N4O10S3. The van der Waals surface area contributed by atoms with Crippen molar-refractivity contribution >= 4 is 73.6 Å². The van der Waals surface area contributed by atoms with Crippen molar-refractivity contribution in [3.8, 4) is 0 Å². The summed E-state index contributed by atoms with van der Waals surface area (Å²) in [6.45, 7) is 14.7. The molecular weight excluding hydrogens is 913 g/mol. The molecule has 368 valence electrons. The molecule has 0 saturated carbocycles. The van der Waals surface area contributed by atoms with Crippen LogP contribution in [-0.2, 0) is 19.0 Å². The molecule has 67 heavy (non-hydrogen) atoms. The molecule has 14 nitrogen and oxygen atoms in total. The average Bonchev–Trinajstić information content (AvgIpc) is 4.02. The molecule has 8 N–H and O–H groups in total. The van der Waals surface area contributed by atoms with Crippen molar-refractivity contribution in [2.75, 3.05) is 37.1 Å². The minimum Gasteiger partial charge on any atom is -0.394 e. The van der Waals surface area contributed by atoms with Crippen molar-refractivity contribution in [1.29, 1.82) is 0 Å². The second-order valence-electron chi connectivity index (χ2n) is 18.4. The van der Waals surface area contributed by atoms with E-state index < -0.39 is 42.6 Å². The van der Waals surface area contributed by atoms with Crippen LogP contribution < -0.4 is 0 Å². The van der Waals surface area contributed by atoms with E-state index in [0.29, 0.717) is 50.2 Å². The maximum Gasteiger partial charge on any atom is 0.188 e. The third-order valence-electron chi connectivity index (χ3n) is 13.7. The number of thioether (sulfide) groups is 3. The Morgan fingerprint density at radius 1 is 0.836 bits per heavy atom. The third-order valence-corrected chi connectivity index (χ3v) is 17.2. The van der Waals surface area contributed by atoms with Gasteiger partial charge in [0.15, 0.2) is 5.12 Å². The van der Waals surface area contributed by atoms with Gasteiger partial charge < -0.3 is 54.8 Å². The highest BCUT2D eigenvalue weighted by Crippen LogP contribution is 2.43. The number of aliphatic hydroxyl groups excluding tert-OH is 6. The van der Waals surface area contributed by atoms with Crippen molar-refractivity contribution < 1.29 is 49.6 Å². The Morgan fingerprint density at radius 2 is 1.57 bits per heavy atom. The highest BCUT2D eigenvalue weighted by molar-refractivity contribution is 8.13. The molecule has 1 unspecified atom stereocenters. The number of carbonyl (C=O) groups excluding carboxylic acids is 1. The molecule has 4 aliphatic heterocycles. The quantitative estimate of drug-likeness (QED) is 0.0579. The van der Waals surface area contributed by atoms with E-state index in [0.717, 1.165) is 91.3 Å². The molecule has 0 spiro atoms. The minimum absolute atomic E-state index is 0.0181. The number of ether oxygens (including phenoxy) is 3. The van der Waals surface area contributed by atoms with Crippen LogP contribution in [0.4, 0.5) is 0 Å². The lowest BCUT2D eigenvalue weighted by atomic mass is 9.86. The molecule has 8 bridgehead atoms. The Balaban J connectivity index is 1.13. The van der Waals surface area contributed by atoms with Gasteiger partial charge in [0, 0.05) is 82.5 Å². The number of carbonyl (C=O) groups is 1. The maximum atomic E-state index is 13.4. The van der Waals surface area contributed by atoms with E-state index in [9.17, 15) is 35.4 Å². The van der Waals surface area contributed by atoms with Crippen LogP contribution in [0.25, 0.3) is 33.2 Å². The zero-order valence-electron chi connectivity index (χ0n) is 39.8. The lowest BCUT2D eigenvalue weighted by Crippen LogP contribution is -2.57. The standard InChI is InChI=1S/C50H70N4O10S3/c1-8-33-26(3)37-22-41-45(30(7)62-13-9-14-67-50-49(61)48(60)47(59)42(24-56)64-50)28(5)39(53-41)21-38-27(4)34(46(54-38)29(6)36-17-25(2)35(51-36)20-40(33)52-37)11-12-43(58)65-15-10-16-66-44-19-31(57)18-32(23-55)63-44/h17,20-22,27,30-32,34,42,44,47-51,53,55-57,59-61H,8-16,18-19,23-24H2,1-7H3/t27-,30?,31-,32-,34-,42+,44-,47+,48-,49+,50-/m0/s1. The van der Waals surface area contributed by atoms with Crippen LogP contribution in [0.1, 0.15) is 136 Å². The number of nitrogens with one attached hydrogen (secondary N) is 2. The van der Waals surface area contributed by atoms with Gasteiger partial charge in [0.2, 0.25) is 0 Å². The maximum absolute atomic E-state index is 13.4. The number of hydrogen-bond donors (Lipinski definition) is 8. The molecule has 3 aromatic heterocycles. The highest BCUT2D eigenvalue weighted by Gasteiger charge is 2.43. The molecule has 0 amide bonds. The molecule has 11 atom stereocenters. The summed E-state index contributed by atoms with van der Waals surface area (Å²) in [4.78, 5) is 31.5. The molecule has 2 fully saturated rings. The fourth-order valence-corrected chi connectivity index (χ4v) is 12.9. The number of aromatic amines is 2. The summed E-state index contributed by atoms with van der Waals surface area (Å²) in [5, 5.41) is 60.4. The second kappa shape index (κ2) is 23.4. The van der Waals surface area contributed by atoms with Crippen LogP contribution in [0.15, 0.2) is 24.3 Å². The van der Waals surface area contributed by atoms with Crippen molar-refractivity contribution in [2.45, 2.75) is 159 Å². The summed E-state index contributed by atoms with van der Waals surface area (Å²) in [6, 6.07) is 8.61. The summed E-state index contributed by atoms with van der Waals surface area (Å²) in [5.74, 6) is 2.13. The number of aromatic nitrogens is 4. The van der Waals surface area contributed by atoms with Gasteiger partial charge in [-0.15, -0.1) is 23.5 Å². The molecule has 0 aromatic carbocycles. The first-order valence-electron chi connectivity index (χ1n) is 23.8. The first-order chi connectivity index (χ1) is 32.1. The fraction of sp³-hybridized carbons (Fsp3) is 0.620. The van der Waals surface area contributed by atoms with Gasteiger partial charge in [-0.3, -0.25) is 9.78 Å². The molecule has 0 aliphatic carbocycles. The molecule has 2 saturated heterocycles. The van der Waals surface area contributed by atoms with E-state index in [2.05, 4.69) is 75.8 Å². The topological polar surface area (TPSA) is 223 Å². The van der Waals surface area contributed by atoms with E-state index >= 15 is 0 Å². The van der Waals surface area contributed by atoms with Gasteiger partial charge in [-0.05, 0) is 124 Å². The van der Waals surface area contributed by atoms with E-state index in [1.165, 1.54) is 29.1 Å². The fourth-order valence-electron chi connectivity index (χ4n) is 9.72. The summed E-state index contributed by atoms with van der Waals surface area (Å²) in [6.07, 6.45) is -1.73. The number of rotatable bonds is 18. The Kier molecular flexibility index (Phi) is 18.2. The minimum atomic E-state index is -1.41. The van der Waals surface area contributed by atoms with Crippen LogP contribution in [-0.4, -0.2) is 140 Å². The number of aryl methyl sites for hydroxylation is 3. The highest BCUT2D eigenvalue weighted by atomic mass is 32.2. The van der Waals surface area contributed by atoms with E-state index in [4.69, 9.17) is 24.2 Å².